The van der Waals surface area contributed by atoms with Crippen molar-refractivity contribution in [3.63, 3.8) is 0 Å². The molecule has 1 N–H and O–H groups in total. The first-order chi connectivity index (χ1) is 20.6. The number of nitriles is 1. The maximum atomic E-state index is 11.3. The Morgan fingerprint density at radius 2 is 1.21 bits per heavy atom. The normalized spacial score (nSPS) is 11.5. The molecule has 0 aliphatic heterocycles. The predicted octanol–water partition coefficient (Wildman–Crippen LogP) is 7.19. The standard InChI is InChI=1S/C32H24N4O2P2S2/c33-24-41-32(39(26-13-5-1-6-14-26)27-15-7-2-8-16-27)31(42-30-22-21-25(23-34-30)36(37)38)35-40(28-17-9-3-10-18-28)29-19-11-4-12-20-29/h1-23,35H/b32-31-. The van der Waals surface area contributed by atoms with E-state index in [-0.39, 0.29) is 5.69 Å². The van der Waals surface area contributed by atoms with Gasteiger partial charge in [0.05, 0.1) is 22.7 Å². The number of rotatable bonds is 11. The molecule has 1 heterocycles. The Morgan fingerprint density at radius 1 is 0.738 bits per heavy atom. The average Bonchev–Trinajstić information content (AvgIpc) is 3.05. The van der Waals surface area contributed by atoms with Gasteiger partial charge in [-0.2, -0.15) is 5.26 Å². The molecule has 206 valence electrons. The highest BCUT2D eigenvalue weighted by Crippen LogP contribution is 2.53. The fourth-order valence-corrected chi connectivity index (χ4v) is 11.0. The zero-order valence-corrected chi connectivity index (χ0v) is 25.6. The van der Waals surface area contributed by atoms with E-state index in [0.717, 1.165) is 42.7 Å². The van der Waals surface area contributed by atoms with Gasteiger partial charge in [-0.1, -0.05) is 133 Å². The third-order valence-electron chi connectivity index (χ3n) is 5.95. The van der Waals surface area contributed by atoms with Gasteiger partial charge in [0.1, 0.15) is 16.6 Å². The van der Waals surface area contributed by atoms with Crippen LogP contribution in [0.1, 0.15) is 0 Å². The lowest BCUT2D eigenvalue weighted by molar-refractivity contribution is -0.385. The van der Waals surface area contributed by atoms with Crippen molar-refractivity contribution in [1.29, 1.82) is 5.26 Å². The molecule has 1 aromatic heterocycles. The molecule has 5 rings (SSSR count). The average molecular weight is 623 g/mol. The topological polar surface area (TPSA) is 91.8 Å². The molecule has 6 nitrogen and oxygen atoms in total. The molecule has 10 heteroatoms. The number of nitrogens with one attached hydrogen (secondary N) is 1. The number of pyridine rings is 1. The van der Waals surface area contributed by atoms with Gasteiger partial charge >= 0.3 is 0 Å². The van der Waals surface area contributed by atoms with Crippen LogP contribution >= 0.6 is 39.5 Å². The molecular weight excluding hydrogens is 598 g/mol. The quantitative estimate of drug-likeness (QED) is 0.0548. The van der Waals surface area contributed by atoms with Gasteiger partial charge in [-0.15, -0.1) is 0 Å². The summed E-state index contributed by atoms with van der Waals surface area (Å²) in [6.45, 7) is 0. The Hall–Kier alpha value is -3.98. The molecule has 0 bridgehead atoms. The largest absolute Gasteiger partial charge is 0.350 e. The van der Waals surface area contributed by atoms with Crippen LogP contribution in [0, 0.1) is 20.8 Å². The van der Waals surface area contributed by atoms with E-state index in [1.165, 1.54) is 24.0 Å². The van der Waals surface area contributed by atoms with Crippen molar-refractivity contribution in [2.75, 3.05) is 0 Å². The summed E-state index contributed by atoms with van der Waals surface area (Å²) < 4.78 is 0.884. The number of hydrogen-bond donors (Lipinski definition) is 1. The summed E-state index contributed by atoms with van der Waals surface area (Å²) >= 11 is 2.53. The third-order valence-corrected chi connectivity index (χ3v) is 13.0. The Labute approximate surface area is 255 Å². The fourth-order valence-electron chi connectivity index (χ4n) is 4.07. The third kappa shape index (κ3) is 7.45. The lowest BCUT2D eigenvalue weighted by Crippen LogP contribution is -2.23. The second-order valence-electron chi connectivity index (χ2n) is 8.67. The van der Waals surface area contributed by atoms with Crippen molar-refractivity contribution < 1.29 is 4.92 Å². The first-order valence-electron chi connectivity index (χ1n) is 12.8. The zero-order valence-electron chi connectivity index (χ0n) is 22.1. The van der Waals surface area contributed by atoms with Crippen molar-refractivity contribution >= 4 is 66.4 Å². The first-order valence-corrected chi connectivity index (χ1v) is 17.1. The number of nitrogens with zero attached hydrogens (tertiary/aromatic N) is 3. The Balaban J connectivity index is 1.71. The van der Waals surface area contributed by atoms with Crippen molar-refractivity contribution in [3.05, 3.63) is 159 Å². The minimum absolute atomic E-state index is 0.0730. The van der Waals surface area contributed by atoms with Crippen LogP contribution in [0.3, 0.4) is 0 Å². The lowest BCUT2D eigenvalue weighted by Gasteiger charge is -2.27. The number of nitro groups is 1. The smallest absolute Gasteiger partial charge is 0.287 e. The van der Waals surface area contributed by atoms with Crippen LogP contribution in [0.2, 0.25) is 0 Å². The van der Waals surface area contributed by atoms with Gasteiger partial charge in [0.2, 0.25) is 0 Å². The summed E-state index contributed by atoms with van der Waals surface area (Å²) in [4.78, 5) is 15.2. The molecule has 0 unspecified atom stereocenters. The summed E-state index contributed by atoms with van der Waals surface area (Å²) in [5, 5.41) is 33.5. The highest BCUT2D eigenvalue weighted by atomic mass is 32.2. The first kappa shape index (κ1) is 29.5. The number of thioether (sulfide) groups is 2. The van der Waals surface area contributed by atoms with Gasteiger partial charge in [0.15, 0.2) is 0 Å². The maximum absolute atomic E-state index is 11.3. The van der Waals surface area contributed by atoms with E-state index in [0.29, 0.717) is 5.03 Å². The van der Waals surface area contributed by atoms with Gasteiger partial charge in [-0.25, -0.2) is 4.98 Å². The van der Waals surface area contributed by atoms with Crippen LogP contribution in [0.15, 0.2) is 154 Å². The van der Waals surface area contributed by atoms with Gasteiger partial charge in [-0.05, 0) is 36.4 Å². The van der Waals surface area contributed by atoms with E-state index in [1.54, 1.807) is 6.07 Å². The summed E-state index contributed by atoms with van der Waals surface area (Å²) in [6.07, 6.45) is 1.27. The maximum Gasteiger partial charge on any atom is 0.287 e. The number of hydrogen-bond acceptors (Lipinski definition) is 7. The highest BCUT2D eigenvalue weighted by molar-refractivity contribution is 8.17. The van der Waals surface area contributed by atoms with E-state index in [2.05, 4.69) is 64.0 Å². The number of aromatic nitrogens is 1. The Morgan fingerprint density at radius 3 is 1.62 bits per heavy atom. The molecule has 0 aliphatic rings. The minimum atomic E-state index is -1.13. The number of thiocyanates is 1. The van der Waals surface area contributed by atoms with E-state index < -0.39 is 20.9 Å². The van der Waals surface area contributed by atoms with Crippen LogP contribution in [0.25, 0.3) is 0 Å². The zero-order chi connectivity index (χ0) is 29.1. The number of benzene rings is 4. The second-order valence-corrected chi connectivity index (χ2v) is 14.9. The van der Waals surface area contributed by atoms with E-state index in [9.17, 15) is 15.4 Å². The Bertz CT molecular complexity index is 1610. The lowest BCUT2D eigenvalue weighted by atomic mass is 10.4. The van der Waals surface area contributed by atoms with Crippen LogP contribution in [0.4, 0.5) is 5.69 Å². The molecule has 4 aromatic carbocycles. The van der Waals surface area contributed by atoms with Crippen molar-refractivity contribution in [1.82, 2.24) is 10.1 Å². The minimum Gasteiger partial charge on any atom is -0.350 e. The molecule has 0 saturated heterocycles. The molecule has 0 saturated carbocycles. The van der Waals surface area contributed by atoms with Gasteiger partial charge in [0, 0.05) is 16.7 Å². The molecule has 5 aromatic rings. The molecule has 0 radical (unpaired) electrons. The molecule has 0 aliphatic carbocycles. The van der Waals surface area contributed by atoms with E-state index in [4.69, 9.17) is 0 Å². The van der Waals surface area contributed by atoms with Crippen molar-refractivity contribution in [2.24, 2.45) is 0 Å². The molecule has 0 spiro atoms. The van der Waals surface area contributed by atoms with Gasteiger partial charge in [-0.3, -0.25) is 10.1 Å². The molecule has 0 amide bonds. The Kier molecular flexibility index (Phi) is 10.4. The summed E-state index contributed by atoms with van der Waals surface area (Å²) in [5.41, 5.74) is -0.0730. The SMILES string of the molecule is N#CS/C(=C(/NP(c1ccccc1)c1ccccc1)Sc1ccc([N+](=O)[O-])cn1)P(c1ccccc1)c1ccccc1. The van der Waals surface area contributed by atoms with Crippen LogP contribution < -0.4 is 26.3 Å². The van der Waals surface area contributed by atoms with Crippen molar-refractivity contribution in [2.45, 2.75) is 5.03 Å². The van der Waals surface area contributed by atoms with Crippen LogP contribution in [0.5, 0.6) is 0 Å². The van der Waals surface area contributed by atoms with Crippen LogP contribution in [-0.4, -0.2) is 9.91 Å². The van der Waals surface area contributed by atoms with E-state index in [1.807, 2.05) is 72.8 Å². The predicted molar refractivity (Wildman–Crippen MR) is 178 cm³/mol. The summed E-state index contributed by atoms with van der Waals surface area (Å²) in [7, 11) is -2.22. The summed E-state index contributed by atoms with van der Waals surface area (Å²) in [5.74, 6) is 0. The van der Waals surface area contributed by atoms with Crippen molar-refractivity contribution in [3.8, 4) is 5.40 Å². The highest BCUT2D eigenvalue weighted by Gasteiger charge is 2.27. The molecule has 0 fully saturated rings. The van der Waals surface area contributed by atoms with E-state index >= 15 is 0 Å². The van der Waals surface area contributed by atoms with Crippen LogP contribution in [-0.2, 0) is 0 Å². The fraction of sp³-hybridized carbons (Fsp3) is 0. The molecular formula is C32H24N4O2P2S2. The monoisotopic (exact) mass is 622 g/mol. The second kappa shape index (κ2) is 14.8. The van der Waals surface area contributed by atoms with Gasteiger partial charge in [0.25, 0.3) is 5.69 Å². The summed E-state index contributed by atoms with van der Waals surface area (Å²) in [6, 6.07) is 44.0. The van der Waals surface area contributed by atoms with Gasteiger partial charge < -0.3 is 5.09 Å². The molecule has 0 atom stereocenters. The molecule has 42 heavy (non-hydrogen) atoms.